The molecule has 0 aliphatic carbocycles. The topological polar surface area (TPSA) is 54.4 Å². The van der Waals surface area contributed by atoms with Gasteiger partial charge in [0.1, 0.15) is 0 Å². The number of benzene rings is 1. The van der Waals surface area contributed by atoms with Crippen LogP contribution in [-0.4, -0.2) is 21.3 Å². The number of aliphatic imine (C=N–C) groups is 1. The number of thioether (sulfide) groups is 1. The first-order valence-electron chi connectivity index (χ1n) is 6.85. The van der Waals surface area contributed by atoms with E-state index in [1.165, 1.54) is 11.8 Å². The number of amides is 1. The maximum absolute atomic E-state index is 12.1. The van der Waals surface area contributed by atoms with E-state index in [0.29, 0.717) is 22.4 Å². The molecule has 112 valence electrons. The Balaban J connectivity index is 1.75. The molecule has 1 atom stereocenters. The Morgan fingerprint density at radius 1 is 1.27 bits per heavy atom. The molecule has 1 N–H and O–H groups in total. The maximum Gasteiger partial charge on any atom is 0.239 e. The fraction of sp³-hybridized carbons (Fsp3) is 0.188. The van der Waals surface area contributed by atoms with Crippen molar-refractivity contribution in [2.45, 2.75) is 18.6 Å². The molecule has 0 saturated carbocycles. The molecule has 1 saturated heterocycles. The Hall–Kier alpha value is -1.85. The number of aryl methyl sites for hydroxylation is 1. The molecule has 1 fully saturated rings. The number of pyridine rings is 1. The molecule has 3 rings (SSSR count). The van der Waals surface area contributed by atoms with Crippen LogP contribution in [0.2, 0.25) is 5.02 Å². The van der Waals surface area contributed by atoms with Crippen molar-refractivity contribution in [3.05, 3.63) is 58.7 Å². The van der Waals surface area contributed by atoms with Crippen LogP contribution in [0.25, 0.3) is 0 Å². The number of hydrogen-bond acceptors (Lipinski definition) is 4. The minimum Gasteiger partial charge on any atom is -0.304 e. The molecule has 2 aromatic rings. The Kier molecular flexibility index (Phi) is 4.45. The highest BCUT2D eigenvalue weighted by Crippen LogP contribution is 2.27. The molecule has 6 heteroatoms. The highest BCUT2D eigenvalue weighted by atomic mass is 35.5. The number of rotatable bonds is 3. The summed E-state index contributed by atoms with van der Waals surface area (Å²) in [4.78, 5) is 20.8. The number of carbonyl (C=O) groups is 1. The van der Waals surface area contributed by atoms with Gasteiger partial charge in [-0.25, -0.2) is 9.98 Å². The molecule has 0 spiro atoms. The van der Waals surface area contributed by atoms with E-state index in [-0.39, 0.29) is 11.2 Å². The molecule has 1 amide bonds. The van der Waals surface area contributed by atoms with Gasteiger partial charge in [-0.1, -0.05) is 47.6 Å². The maximum atomic E-state index is 12.1. The van der Waals surface area contributed by atoms with E-state index in [4.69, 9.17) is 11.6 Å². The van der Waals surface area contributed by atoms with E-state index in [2.05, 4.69) is 15.3 Å². The van der Waals surface area contributed by atoms with E-state index in [1.54, 1.807) is 0 Å². The summed E-state index contributed by atoms with van der Waals surface area (Å²) in [5.74, 6) is 0.553. The third-order valence-electron chi connectivity index (χ3n) is 3.23. The average Bonchev–Trinajstić information content (AvgIpc) is 2.81. The first-order valence-corrected chi connectivity index (χ1v) is 8.11. The number of carbonyl (C=O) groups excluding carboxylic acids is 1. The summed E-state index contributed by atoms with van der Waals surface area (Å²) in [5.41, 5.74) is 1.86. The van der Waals surface area contributed by atoms with Gasteiger partial charge in [-0.3, -0.25) is 4.79 Å². The number of halogens is 1. The SMILES string of the molecule is Cc1cccc(N=C2NC(=O)C(Cc3ccccc3Cl)S2)n1. The zero-order valence-electron chi connectivity index (χ0n) is 11.9. The van der Waals surface area contributed by atoms with Gasteiger partial charge < -0.3 is 5.32 Å². The number of amidine groups is 1. The van der Waals surface area contributed by atoms with Crippen LogP contribution in [-0.2, 0) is 11.2 Å². The number of hydrogen-bond donors (Lipinski definition) is 1. The van der Waals surface area contributed by atoms with E-state index in [0.717, 1.165) is 11.3 Å². The summed E-state index contributed by atoms with van der Waals surface area (Å²) < 4.78 is 0. The van der Waals surface area contributed by atoms with Crippen molar-refractivity contribution in [2.75, 3.05) is 0 Å². The van der Waals surface area contributed by atoms with Gasteiger partial charge in [-0.2, -0.15) is 0 Å². The third-order valence-corrected chi connectivity index (χ3v) is 4.68. The lowest BCUT2D eigenvalue weighted by molar-refractivity contribution is -0.118. The second-order valence-electron chi connectivity index (χ2n) is 4.95. The van der Waals surface area contributed by atoms with Gasteiger partial charge in [0.05, 0.1) is 5.25 Å². The lowest BCUT2D eigenvalue weighted by atomic mass is 10.1. The normalized spacial score (nSPS) is 19.5. The van der Waals surface area contributed by atoms with E-state index >= 15 is 0 Å². The minimum atomic E-state index is -0.219. The molecule has 22 heavy (non-hydrogen) atoms. The number of aromatic nitrogens is 1. The summed E-state index contributed by atoms with van der Waals surface area (Å²) in [6.07, 6.45) is 0.580. The van der Waals surface area contributed by atoms with Gasteiger partial charge >= 0.3 is 0 Å². The van der Waals surface area contributed by atoms with Gasteiger partial charge in [0.15, 0.2) is 11.0 Å². The van der Waals surface area contributed by atoms with Crippen molar-refractivity contribution in [1.29, 1.82) is 0 Å². The molecule has 1 aliphatic rings. The molecule has 1 unspecified atom stereocenters. The Labute approximate surface area is 138 Å². The molecule has 1 aliphatic heterocycles. The quantitative estimate of drug-likeness (QED) is 0.936. The third kappa shape index (κ3) is 3.48. The van der Waals surface area contributed by atoms with E-state index in [9.17, 15) is 4.79 Å². The number of nitrogens with one attached hydrogen (secondary N) is 1. The standard InChI is InChI=1S/C16H14ClN3OS/c1-10-5-4-8-14(18-10)19-16-20-15(21)13(22-16)9-11-6-2-3-7-12(11)17/h2-8,13H,9H2,1H3,(H,18,19,20,21). The lowest BCUT2D eigenvalue weighted by Crippen LogP contribution is -2.26. The van der Waals surface area contributed by atoms with Crippen LogP contribution in [0.15, 0.2) is 47.5 Å². The van der Waals surface area contributed by atoms with Crippen LogP contribution >= 0.6 is 23.4 Å². The Morgan fingerprint density at radius 3 is 2.86 bits per heavy atom. The van der Waals surface area contributed by atoms with Crippen molar-refractivity contribution in [1.82, 2.24) is 10.3 Å². The van der Waals surface area contributed by atoms with E-state index in [1.807, 2.05) is 49.4 Å². The summed E-state index contributed by atoms with van der Waals surface area (Å²) in [6.45, 7) is 1.91. The minimum absolute atomic E-state index is 0.0451. The second-order valence-corrected chi connectivity index (χ2v) is 6.54. The van der Waals surface area contributed by atoms with Crippen molar-refractivity contribution >= 4 is 40.3 Å². The zero-order valence-corrected chi connectivity index (χ0v) is 13.5. The molecular weight excluding hydrogens is 318 g/mol. The van der Waals surface area contributed by atoms with Crippen LogP contribution in [0.5, 0.6) is 0 Å². The summed E-state index contributed by atoms with van der Waals surface area (Å²) in [7, 11) is 0. The molecule has 2 heterocycles. The van der Waals surface area contributed by atoms with Gasteiger partial charge in [0, 0.05) is 10.7 Å². The monoisotopic (exact) mass is 331 g/mol. The van der Waals surface area contributed by atoms with Crippen LogP contribution in [0.4, 0.5) is 5.82 Å². The van der Waals surface area contributed by atoms with Gasteiger partial charge in [-0.05, 0) is 37.1 Å². The fourth-order valence-electron chi connectivity index (χ4n) is 2.15. The fourth-order valence-corrected chi connectivity index (χ4v) is 3.37. The highest BCUT2D eigenvalue weighted by Gasteiger charge is 2.30. The second kappa shape index (κ2) is 6.50. The van der Waals surface area contributed by atoms with Crippen molar-refractivity contribution in [3.8, 4) is 0 Å². The molecule has 0 bridgehead atoms. The molecule has 1 aromatic heterocycles. The Bertz CT molecular complexity index is 748. The highest BCUT2D eigenvalue weighted by molar-refractivity contribution is 8.15. The van der Waals surface area contributed by atoms with Crippen LogP contribution in [0.3, 0.4) is 0 Å². The van der Waals surface area contributed by atoms with Crippen LogP contribution < -0.4 is 5.32 Å². The Morgan fingerprint density at radius 2 is 2.09 bits per heavy atom. The zero-order chi connectivity index (χ0) is 15.5. The van der Waals surface area contributed by atoms with Crippen molar-refractivity contribution in [3.63, 3.8) is 0 Å². The average molecular weight is 332 g/mol. The molecule has 4 nitrogen and oxygen atoms in total. The molecular formula is C16H14ClN3OS. The summed E-state index contributed by atoms with van der Waals surface area (Å²) in [5, 5.41) is 3.85. The smallest absolute Gasteiger partial charge is 0.239 e. The van der Waals surface area contributed by atoms with Crippen LogP contribution in [0, 0.1) is 6.92 Å². The first kappa shape index (κ1) is 15.1. The van der Waals surface area contributed by atoms with E-state index < -0.39 is 0 Å². The summed E-state index contributed by atoms with van der Waals surface area (Å²) in [6, 6.07) is 13.2. The predicted molar refractivity (Wildman–Crippen MR) is 90.7 cm³/mol. The van der Waals surface area contributed by atoms with Gasteiger partial charge in [-0.15, -0.1) is 0 Å². The van der Waals surface area contributed by atoms with Crippen molar-refractivity contribution < 1.29 is 4.79 Å². The predicted octanol–water partition coefficient (Wildman–Crippen LogP) is 3.51. The first-order chi connectivity index (χ1) is 10.6. The van der Waals surface area contributed by atoms with Crippen molar-refractivity contribution in [2.24, 2.45) is 4.99 Å². The largest absolute Gasteiger partial charge is 0.304 e. The number of nitrogens with zero attached hydrogens (tertiary/aromatic N) is 2. The van der Waals surface area contributed by atoms with Gasteiger partial charge in [0.25, 0.3) is 0 Å². The van der Waals surface area contributed by atoms with Gasteiger partial charge in [0.2, 0.25) is 5.91 Å². The van der Waals surface area contributed by atoms with Crippen LogP contribution in [0.1, 0.15) is 11.3 Å². The lowest BCUT2D eigenvalue weighted by Gasteiger charge is -2.06. The molecule has 0 radical (unpaired) electrons. The molecule has 1 aromatic carbocycles. The summed E-state index contributed by atoms with van der Waals surface area (Å²) >= 11 is 7.57.